The summed E-state index contributed by atoms with van der Waals surface area (Å²) >= 11 is 0. The fourth-order valence-corrected chi connectivity index (χ4v) is 5.16. The monoisotopic (exact) mass is 427 g/mol. The molecule has 0 saturated carbocycles. The van der Waals surface area contributed by atoms with E-state index in [-0.39, 0.29) is 5.75 Å². The summed E-state index contributed by atoms with van der Waals surface area (Å²) in [5.41, 5.74) is 0.433. The molecule has 1 N–H and O–H groups in total. The summed E-state index contributed by atoms with van der Waals surface area (Å²) < 4.78 is 31.4. The first-order valence-corrected chi connectivity index (χ1v) is 11.8. The van der Waals surface area contributed by atoms with Crippen LogP contribution in [0, 0.1) is 0 Å². The lowest BCUT2D eigenvalue weighted by Gasteiger charge is -2.38. The van der Waals surface area contributed by atoms with Gasteiger partial charge in [-0.25, -0.2) is 8.42 Å². The van der Waals surface area contributed by atoms with Crippen molar-refractivity contribution in [3.8, 4) is 0 Å². The maximum atomic E-state index is 12.6. The molecule has 2 aliphatic rings. The quantitative estimate of drug-likeness (QED) is 0.472. The molecule has 0 amide bonds. The number of hydrogen-bond donors (Lipinski definition) is 1. The van der Waals surface area contributed by atoms with Gasteiger partial charge in [0.15, 0.2) is 5.96 Å². The lowest BCUT2D eigenvalue weighted by atomic mass is 10.2. The van der Waals surface area contributed by atoms with Crippen LogP contribution < -0.4 is 5.32 Å². The molecule has 2 fully saturated rings. The van der Waals surface area contributed by atoms with E-state index < -0.39 is 10.0 Å². The van der Waals surface area contributed by atoms with Crippen LogP contribution in [0.1, 0.15) is 12.6 Å². The van der Waals surface area contributed by atoms with E-state index in [1.807, 2.05) is 0 Å². The third-order valence-electron chi connectivity index (χ3n) is 5.68. The standard InChI is InChI=1S/C18H33N7O3S/c1-16(23-7-5-22(3)6-8-23)14-20-18(19-2)24-9-11-25(12-10-24)29(26,27)15-17-4-13-28-21-17/h4,13,16H,5-12,14-15H2,1-3H3,(H,19,20). The SMILES string of the molecule is CN=C(NCC(C)N1CCN(C)CC1)N1CCN(S(=O)(=O)Cc2ccon2)CC1. The van der Waals surface area contributed by atoms with E-state index in [0.717, 1.165) is 38.7 Å². The molecule has 0 aromatic carbocycles. The molecule has 2 saturated heterocycles. The van der Waals surface area contributed by atoms with Crippen LogP contribution in [0.4, 0.5) is 0 Å². The number of sulfonamides is 1. The number of aromatic nitrogens is 1. The van der Waals surface area contributed by atoms with Gasteiger partial charge in [-0.3, -0.25) is 9.89 Å². The van der Waals surface area contributed by atoms with Gasteiger partial charge < -0.3 is 19.6 Å². The van der Waals surface area contributed by atoms with Gasteiger partial charge in [-0.15, -0.1) is 0 Å². The van der Waals surface area contributed by atoms with E-state index in [0.29, 0.717) is 37.9 Å². The Bertz CT molecular complexity index is 752. The molecule has 1 aromatic heterocycles. The number of aliphatic imine (C=N–C) groups is 1. The molecular formula is C18H33N7O3S. The third kappa shape index (κ3) is 5.91. The summed E-state index contributed by atoms with van der Waals surface area (Å²) in [5.74, 6) is 0.707. The van der Waals surface area contributed by atoms with Crippen molar-refractivity contribution in [3.05, 3.63) is 18.0 Å². The Morgan fingerprint density at radius 2 is 1.90 bits per heavy atom. The molecule has 1 unspecified atom stereocenters. The molecule has 10 nitrogen and oxygen atoms in total. The van der Waals surface area contributed by atoms with Gasteiger partial charge in [0, 0.05) is 78.1 Å². The second-order valence-electron chi connectivity index (χ2n) is 7.75. The summed E-state index contributed by atoms with van der Waals surface area (Å²) in [6, 6.07) is 2.01. The molecule has 29 heavy (non-hydrogen) atoms. The van der Waals surface area contributed by atoms with Crippen LogP contribution in [0.2, 0.25) is 0 Å². The fraction of sp³-hybridized carbons (Fsp3) is 0.778. The van der Waals surface area contributed by atoms with E-state index in [1.54, 1.807) is 13.1 Å². The highest BCUT2D eigenvalue weighted by Crippen LogP contribution is 2.13. The maximum Gasteiger partial charge on any atom is 0.220 e. The van der Waals surface area contributed by atoms with E-state index >= 15 is 0 Å². The Labute approximate surface area is 173 Å². The maximum absolute atomic E-state index is 12.6. The van der Waals surface area contributed by atoms with Crippen LogP contribution >= 0.6 is 0 Å². The number of nitrogens with one attached hydrogen (secondary N) is 1. The summed E-state index contributed by atoms with van der Waals surface area (Å²) in [7, 11) is 0.541. The van der Waals surface area contributed by atoms with Crippen molar-refractivity contribution < 1.29 is 12.9 Å². The van der Waals surface area contributed by atoms with Gasteiger partial charge in [0.25, 0.3) is 0 Å². The van der Waals surface area contributed by atoms with Crippen molar-refractivity contribution in [1.29, 1.82) is 0 Å². The van der Waals surface area contributed by atoms with Crippen molar-refractivity contribution in [2.24, 2.45) is 4.99 Å². The van der Waals surface area contributed by atoms with Gasteiger partial charge >= 0.3 is 0 Å². The van der Waals surface area contributed by atoms with Gasteiger partial charge in [0.1, 0.15) is 12.0 Å². The van der Waals surface area contributed by atoms with Gasteiger partial charge in [-0.1, -0.05) is 5.16 Å². The summed E-state index contributed by atoms with van der Waals surface area (Å²) in [6.07, 6.45) is 1.39. The zero-order valence-electron chi connectivity index (χ0n) is 17.6. The lowest BCUT2D eigenvalue weighted by Crippen LogP contribution is -2.56. The molecule has 3 heterocycles. The Kier molecular flexibility index (Phi) is 7.49. The number of rotatable bonds is 6. The molecule has 3 rings (SSSR count). The third-order valence-corrected chi connectivity index (χ3v) is 7.49. The minimum atomic E-state index is -3.39. The van der Waals surface area contributed by atoms with Crippen molar-refractivity contribution in [1.82, 2.24) is 29.5 Å². The van der Waals surface area contributed by atoms with Gasteiger partial charge in [-0.05, 0) is 14.0 Å². The first-order valence-electron chi connectivity index (χ1n) is 10.1. The largest absolute Gasteiger partial charge is 0.364 e. The van der Waals surface area contributed by atoms with Crippen LogP contribution in [0.15, 0.2) is 21.8 Å². The lowest BCUT2D eigenvalue weighted by molar-refractivity contribution is 0.119. The van der Waals surface area contributed by atoms with Crippen LogP contribution in [-0.4, -0.2) is 118 Å². The van der Waals surface area contributed by atoms with E-state index in [2.05, 4.69) is 44.1 Å². The van der Waals surface area contributed by atoms with Crippen molar-refractivity contribution in [2.45, 2.75) is 18.7 Å². The molecule has 0 spiro atoms. The first-order chi connectivity index (χ1) is 13.9. The van der Waals surface area contributed by atoms with E-state index in [9.17, 15) is 8.42 Å². The summed E-state index contributed by atoms with van der Waals surface area (Å²) in [6.45, 7) is 9.53. The molecule has 0 aliphatic carbocycles. The zero-order chi connectivity index (χ0) is 20.9. The van der Waals surface area contributed by atoms with Crippen LogP contribution in [-0.2, 0) is 15.8 Å². The Balaban J connectivity index is 1.46. The number of nitrogens with zero attached hydrogens (tertiary/aromatic N) is 6. The highest BCUT2D eigenvalue weighted by molar-refractivity contribution is 7.88. The highest BCUT2D eigenvalue weighted by Gasteiger charge is 2.29. The average Bonchev–Trinajstić information content (AvgIpc) is 3.21. The number of likely N-dealkylation sites (N-methyl/N-ethyl adjacent to an activating group) is 1. The Morgan fingerprint density at radius 1 is 1.21 bits per heavy atom. The van der Waals surface area contributed by atoms with Crippen LogP contribution in [0.3, 0.4) is 0 Å². The van der Waals surface area contributed by atoms with E-state index in [1.165, 1.54) is 10.6 Å². The second-order valence-corrected chi connectivity index (χ2v) is 9.72. The Hall–Kier alpha value is -1.69. The van der Waals surface area contributed by atoms with Gasteiger partial charge in [0.05, 0.1) is 5.69 Å². The predicted octanol–water partition coefficient (Wildman–Crippen LogP) is -0.667. The zero-order valence-corrected chi connectivity index (χ0v) is 18.4. The van der Waals surface area contributed by atoms with E-state index in [4.69, 9.17) is 4.52 Å². The normalized spacial score (nSPS) is 22.0. The molecule has 2 aliphatic heterocycles. The molecule has 11 heteroatoms. The number of hydrogen-bond acceptors (Lipinski definition) is 7. The molecule has 0 bridgehead atoms. The summed E-state index contributed by atoms with van der Waals surface area (Å²) in [4.78, 5) is 11.4. The number of piperazine rings is 2. The van der Waals surface area contributed by atoms with Crippen LogP contribution in [0.25, 0.3) is 0 Å². The molecule has 164 valence electrons. The van der Waals surface area contributed by atoms with Crippen molar-refractivity contribution in [2.75, 3.05) is 73.0 Å². The first kappa shape index (κ1) is 22.0. The second kappa shape index (κ2) is 9.88. The Morgan fingerprint density at radius 3 is 2.48 bits per heavy atom. The minimum Gasteiger partial charge on any atom is -0.364 e. The van der Waals surface area contributed by atoms with Crippen molar-refractivity contribution >= 4 is 16.0 Å². The molecule has 1 atom stereocenters. The van der Waals surface area contributed by atoms with Crippen molar-refractivity contribution in [3.63, 3.8) is 0 Å². The predicted molar refractivity (Wildman–Crippen MR) is 112 cm³/mol. The average molecular weight is 428 g/mol. The smallest absolute Gasteiger partial charge is 0.220 e. The molecule has 1 aromatic rings. The fourth-order valence-electron chi connectivity index (χ4n) is 3.73. The molecule has 0 radical (unpaired) electrons. The van der Waals surface area contributed by atoms with Crippen LogP contribution in [0.5, 0.6) is 0 Å². The molecular weight excluding hydrogens is 394 g/mol. The number of guanidine groups is 1. The highest BCUT2D eigenvalue weighted by atomic mass is 32.2. The summed E-state index contributed by atoms with van der Waals surface area (Å²) in [5, 5.41) is 7.18. The van der Waals surface area contributed by atoms with Gasteiger partial charge in [-0.2, -0.15) is 4.31 Å². The van der Waals surface area contributed by atoms with Gasteiger partial charge in [0.2, 0.25) is 10.0 Å². The topological polar surface area (TPSA) is 97.5 Å². The minimum absolute atomic E-state index is 0.126.